The van der Waals surface area contributed by atoms with Gasteiger partial charge in [-0.15, -0.1) is 0 Å². The van der Waals surface area contributed by atoms with Crippen molar-refractivity contribution in [2.24, 2.45) is 0 Å². The van der Waals surface area contributed by atoms with E-state index in [4.69, 9.17) is 4.74 Å². The van der Waals surface area contributed by atoms with E-state index in [1.54, 1.807) is 6.07 Å². The lowest BCUT2D eigenvalue weighted by Gasteiger charge is -2.07. The molecule has 0 spiro atoms. The summed E-state index contributed by atoms with van der Waals surface area (Å²) in [5, 5.41) is 0. The van der Waals surface area contributed by atoms with Crippen molar-refractivity contribution < 1.29 is 13.9 Å². The van der Waals surface area contributed by atoms with Crippen molar-refractivity contribution in [3.8, 4) is 5.75 Å². The van der Waals surface area contributed by atoms with E-state index >= 15 is 0 Å². The van der Waals surface area contributed by atoms with E-state index in [1.807, 2.05) is 29.5 Å². The molecule has 0 aliphatic rings. The quantitative estimate of drug-likeness (QED) is 0.634. The molecule has 0 bridgehead atoms. The fourth-order valence-corrected chi connectivity index (χ4v) is 1.49. The second-order valence-electron chi connectivity index (χ2n) is 2.76. The molecule has 14 heavy (non-hydrogen) atoms. The Morgan fingerprint density at radius 3 is 2.71 bits per heavy atom. The minimum absolute atomic E-state index is 0.166. The molecular formula is C10H10FIO2. The van der Waals surface area contributed by atoms with Crippen molar-refractivity contribution in [2.45, 2.75) is 13.8 Å². The number of Topliss-reactive ketones (excluding diaryl/α,β-unsaturated/α-hetero) is 1. The van der Waals surface area contributed by atoms with E-state index in [2.05, 4.69) is 0 Å². The van der Waals surface area contributed by atoms with Gasteiger partial charge in [0, 0.05) is 5.56 Å². The highest BCUT2D eigenvalue weighted by Gasteiger charge is 2.11. The van der Waals surface area contributed by atoms with Crippen LogP contribution in [0.2, 0.25) is 0 Å². The van der Waals surface area contributed by atoms with Crippen LogP contribution in [0.1, 0.15) is 24.2 Å². The van der Waals surface area contributed by atoms with Crippen LogP contribution >= 0.6 is 22.6 Å². The number of hydrogen-bond acceptors (Lipinski definition) is 2. The highest BCUT2D eigenvalue weighted by molar-refractivity contribution is 14.1. The Labute approximate surface area is 95.6 Å². The maximum atomic E-state index is 13.3. The standard InChI is InChI=1S/C10H10FIO2/c1-3-14-9-5-7(6(2)13)4-8(11)10(9)12/h4-5H,3H2,1-2H3. The Hall–Kier alpha value is -0.650. The Kier molecular flexibility index (Phi) is 3.86. The van der Waals surface area contributed by atoms with Gasteiger partial charge >= 0.3 is 0 Å². The molecule has 0 aliphatic carbocycles. The van der Waals surface area contributed by atoms with Crippen LogP contribution in [0, 0.1) is 9.39 Å². The molecule has 1 rings (SSSR count). The maximum absolute atomic E-state index is 13.3. The summed E-state index contributed by atoms with van der Waals surface area (Å²) in [4.78, 5) is 11.0. The smallest absolute Gasteiger partial charge is 0.160 e. The zero-order valence-corrected chi connectivity index (χ0v) is 10.1. The predicted octanol–water partition coefficient (Wildman–Crippen LogP) is 3.03. The lowest BCUT2D eigenvalue weighted by molar-refractivity contribution is 0.101. The zero-order chi connectivity index (χ0) is 10.7. The molecule has 0 saturated carbocycles. The number of hydrogen-bond donors (Lipinski definition) is 0. The molecule has 2 nitrogen and oxygen atoms in total. The first-order valence-electron chi connectivity index (χ1n) is 4.19. The number of carbonyl (C=O) groups is 1. The molecule has 0 radical (unpaired) electrons. The van der Waals surface area contributed by atoms with Crippen LogP contribution in [0.25, 0.3) is 0 Å². The van der Waals surface area contributed by atoms with Gasteiger partial charge in [-0.2, -0.15) is 0 Å². The lowest BCUT2D eigenvalue weighted by atomic mass is 10.1. The summed E-state index contributed by atoms with van der Waals surface area (Å²) in [5.41, 5.74) is 0.339. The summed E-state index contributed by atoms with van der Waals surface area (Å²) in [6, 6.07) is 2.79. The number of rotatable bonds is 3. The van der Waals surface area contributed by atoms with Crippen molar-refractivity contribution in [2.75, 3.05) is 6.61 Å². The van der Waals surface area contributed by atoms with E-state index in [1.165, 1.54) is 13.0 Å². The molecule has 0 saturated heterocycles. The molecule has 4 heteroatoms. The lowest BCUT2D eigenvalue weighted by Crippen LogP contribution is -2.00. The monoisotopic (exact) mass is 308 g/mol. The molecule has 0 unspecified atom stereocenters. The number of halogens is 2. The first-order chi connectivity index (χ1) is 6.56. The molecule has 0 aliphatic heterocycles. The van der Waals surface area contributed by atoms with Crippen molar-refractivity contribution in [3.05, 3.63) is 27.1 Å². The average molecular weight is 308 g/mol. The van der Waals surface area contributed by atoms with E-state index in [0.29, 0.717) is 21.5 Å². The normalized spacial score (nSPS) is 10.0. The Morgan fingerprint density at radius 1 is 1.57 bits per heavy atom. The van der Waals surface area contributed by atoms with Gasteiger partial charge in [-0.05, 0) is 48.6 Å². The van der Waals surface area contributed by atoms with Gasteiger partial charge in [0.25, 0.3) is 0 Å². The Balaban J connectivity index is 3.20. The fourth-order valence-electron chi connectivity index (χ4n) is 1.03. The molecule has 76 valence electrons. The molecule has 0 N–H and O–H groups in total. The van der Waals surface area contributed by atoms with Gasteiger partial charge in [0.1, 0.15) is 11.6 Å². The number of benzene rings is 1. The largest absolute Gasteiger partial charge is 0.493 e. The number of carbonyl (C=O) groups excluding carboxylic acids is 1. The van der Waals surface area contributed by atoms with Crippen LogP contribution in [-0.4, -0.2) is 12.4 Å². The van der Waals surface area contributed by atoms with Gasteiger partial charge in [0.15, 0.2) is 5.78 Å². The summed E-state index contributed by atoms with van der Waals surface area (Å²) in [5.74, 6) is -0.152. The van der Waals surface area contributed by atoms with Crippen LogP contribution < -0.4 is 4.74 Å². The molecule has 1 aromatic carbocycles. The van der Waals surface area contributed by atoms with Gasteiger partial charge in [0.05, 0.1) is 10.2 Å². The van der Waals surface area contributed by atoms with Crippen LogP contribution in [0.3, 0.4) is 0 Å². The van der Waals surface area contributed by atoms with Crippen LogP contribution in [0.15, 0.2) is 12.1 Å². The minimum atomic E-state index is -0.415. The third-order valence-electron chi connectivity index (χ3n) is 1.70. The van der Waals surface area contributed by atoms with Gasteiger partial charge in [0.2, 0.25) is 0 Å². The summed E-state index contributed by atoms with van der Waals surface area (Å²) in [7, 11) is 0. The molecule has 0 heterocycles. The minimum Gasteiger partial charge on any atom is -0.493 e. The molecule has 1 aromatic rings. The average Bonchev–Trinajstić information content (AvgIpc) is 2.12. The first-order valence-corrected chi connectivity index (χ1v) is 5.27. The number of ketones is 1. The third kappa shape index (κ3) is 2.43. The summed E-state index contributed by atoms with van der Waals surface area (Å²) < 4.78 is 18.9. The third-order valence-corrected chi connectivity index (χ3v) is 2.75. The molecule has 0 atom stereocenters. The summed E-state index contributed by atoms with van der Waals surface area (Å²) in [6.45, 7) is 3.67. The molecular weight excluding hydrogens is 298 g/mol. The Morgan fingerprint density at radius 2 is 2.21 bits per heavy atom. The second kappa shape index (κ2) is 4.72. The van der Waals surface area contributed by atoms with Crippen LogP contribution in [-0.2, 0) is 0 Å². The predicted molar refractivity (Wildman–Crippen MR) is 60.3 cm³/mol. The van der Waals surface area contributed by atoms with E-state index in [9.17, 15) is 9.18 Å². The Bertz CT molecular complexity index is 363. The van der Waals surface area contributed by atoms with E-state index < -0.39 is 5.82 Å². The second-order valence-corrected chi connectivity index (χ2v) is 3.84. The van der Waals surface area contributed by atoms with Crippen molar-refractivity contribution in [1.29, 1.82) is 0 Å². The molecule has 0 fully saturated rings. The summed E-state index contributed by atoms with van der Waals surface area (Å²) >= 11 is 1.86. The molecule has 0 aromatic heterocycles. The van der Waals surface area contributed by atoms with Crippen LogP contribution in [0.5, 0.6) is 5.75 Å². The van der Waals surface area contributed by atoms with Gasteiger partial charge < -0.3 is 4.74 Å². The zero-order valence-electron chi connectivity index (χ0n) is 7.93. The SMILES string of the molecule is CCOc1cc(C(C)=O)cc(F)c1I. The fraction of sp³-hybridized carbons (Fsp3) is 0.300. The van der Waals surface area contributed by atoms with Gasteiger partial charge in [-0.1, -0.05) is 0 Å². The van der Waals surface area contributed by atoms with E-state index in [-0.39, 0.29) is 5.78 Å². The van der Waals surface area contributed by atoms with Crippen molar-refractivity contribution in [1.82, 2.24) is 0 Å². The van der Waals surface area contributed by atoms with Crippen molar-refractivity contribution in [3.63, 3.8) is 0 Å². The number of ether oxygens (including phenoxy) is 1. The topological polar surface area (TPSA) is 26.3 Å². The first kappa shape index (κ1) is 11.4. The maximum Gasteiger partial charge on any atom is 0.160 e. The highest BCUT2D eigenvalue weighted by Crippen LogP contribution is 2.25. The van der Waals surface area contributed by atoms with Gasteiger partial charge in [-0.25, -0.2) is 4.39 Å². The van der Waals surface area contributed by atoms with Crippen LogP contribution in [0.4, 0.5) is 4.39 Å². The summed E-state index contributed by atoms with van der Waals surface area (Å²) in [6.07, 6.45) is 0. The molecule has 0 amide bonds. The van der Waals surface area contributed by atoms with Gasteiger partial charge in [-0.3, -0.25) is 4.79 Å². The van der Waals surface area contributed by atoms with E-state index in [0.717, 1.165) is 0 Å². The highest BCUT2D eigenvalue weighted by atomic mass is 127. The van der Waals surface area contributed by atoms with Crippen molar-refractivity contribution >= 4 is 28.4 Å².